The van der Waals surface area contributed by atoms with Crippen LogP contribution in [0.4, 0.5) is 0 Å². The monoisotopic (exact) mass is 361 g/mol. The lowest BCUT2D eigenvalue weighted by atomic mass is 10.1. The molecule has 5 nitrogen and oxygen atoms in total. The van der Waals surface area contributed by atoms with Crippen molar-refractivity contribution in [1.29, 1.82) is 0 Å². The van der Waals surface area contributed by atoms with Crippen LogP contribution in [-0.4, -0.2) is 35.4 Å². The van der Waals surface area contributed by atoms with Crippen LogP contribution in [0.5, 0.6) is 0 Å². The minimum atomic E-state index is -0.189. The first-order valence-electron chi connectivity index (χ1n) is 8.16. The molecule has 0 aliphatic heterocycles. The third kappa shape index (κ3) is 5.44. The van der Waals surface area contributed by atoms with Gasteiger partial charge in [0, 0.05) is 24.8 Å². The van der Waals surface area contributed by atoms with Crippen LogP contribution < -0.4 is 5.32 Å². The molecular formula is C19H24ClN3O2. The van der Waals surface area contributed by atoms with E-state index in [2.05, 4.69) is 41.6 Å². The Balaban J connectivity index is 2.09. The molecule has 25 heavy (non-hydrogen) atoms. The van der Waals surface area contributed by atoms with Crippen molar-refractivity contribution in [2.24, 2.45) is 0 Å². The number of amides is 1. The standard InChI is InChI=1S/C19H24ClN3O2/c1-13-5-7-16(8-6-13)11-23-19(20)17(15(3)22-23)9-10-18(24)21-14(2)12-25-4/h5-10,14H,11-12H2,1-4H3,(H,21,24)/b10-9+. The molecule has 1 aromatic carbocycles. The number of nitrogens with zero attached hydrogens (tertiary/aromatic N) is 2. The highest BCUT2D eigenvalue weighted by Gasteiger charge is 2.12. The number of benzene rings is 1. The summed E-state index contributed by atoms with van der Waals surface area (Å²) in [5.41, 5.74) is 3.87. The van der Waals surface area contributed by atoms with Crippen molar-refractivity contribution in [3.8, 4) is 0 Å². The molecule has 2 aromatic rings. The van der Waals surface area contributed by atoms with Gasteiger partial charge in [0.15, 0.2) is 0 Å². The van der Waals surface area contributed by atoms with Crippen molar-refractivity contribution < 1.29 is 9.53 Å². The quantitative estimate of drug-likeness (QED) is 0.769. The number of halogens is 1. The van der Waals surface area contributed by atoms with Crippen LogP contribution in [0.1, 0.15) is 29.3 Å². The zero-order valence-corrected chi connectivity index (χ0v) is 15.8. The van der Waals surface area contributed by atoms with Crippen LogP contribution in [0.25, 0.3) is 6.08 Å². The van der Waals surface area contributed by atoms with Gasteiger partial charge >= 0.3 is 0 Å². The first-order chi connectivity index (χ1) is 11.9. The molecule has 134 valence electrons. The van der Waals surface area contributed by atoms with Crippen molar-refractivity contribution in [2.75, 3.05) is 13.7 Å². The Morgan fingerprint density at radius 1 is 1.36 bits per heavy atom. The highest BCUT2D eigenvalue weighted by Crippen LogP contribution is 2.22. The SMILES string of the molecule is COCC(C)NC(=O)/C=C/c1c(C)nn(Cc2ccc(C)cc2)c1Cl. The van der Waals surface area contributed by atoms with Gasteiger partial charge < -0.3 is 10.1 Å². The van der Waals surface area contributed by atoms with Crippen LogP contribution >= 0.6 is 11.6 Å². The topological polar surface area (TPSA) is 56.1 Å². The van der Waals surface area contributed by atoms with Gasteiger partial charge in [-0.15, -0.1) is 0 Å². The molecule has 0 bridgehead atoms. The van der Waals surface area contributed by atoms with E-state index in [1.165, 1.54) is 11.6 Å². The minimum absolute atomic E-state index is 0.0528. The number of carbonyl (C=O) groups excluding carboxylic acids is 1. The van der Waals surface area contributed by atoms with Gasteiger partial charge in [0.05, 0.1) is 18.8 Å². The van der Waals surface area contributed by atoms with Crippen LogP contribution in [0.2, 0.25) is 5.15 Å². The maximum atomic E-state index is 11.9. The van der Waals surface area contributed by atoms with E-state index in [9.17, 15) is 4.79 Å². The minimum Gasteiger partial charge on any atom is -0.383 e. The second-order valence-corrected chi connectivity index (χ2v) is 6.49. The fraction of sp³-hybridized carbons (Fsp3) is 0.368. The lowest BCUT2D eigenvalue weighted by Crippen LogP contribution is -2.34. The average Bonchev–Trinajstić information content (AvgIpc) is 2.81. The molecule has 1 amide bonds. The van der Waals surface area contributed by atoms with Crippen LogP contribution in [-0.2, 0) is 16.1 Å². The fourth-order valence-corrected chi connectivity index (χ4v) is 2.77. The van der Waals surface area contributed by atoms with E-state index in [0.29, 0.717) is 18.3 Å². The van der Waals surface area contributed by atoms with Gasteiger partial charge in [-0.3, -0.25) is 4.79 Å². The van der Waals surface area contributed by atoms with Crippen molar-refractivity contribution in [1.82, 2.24) is 15.1 Å². The molecule has 0 spiro atoms. The number of hydrogen-bond acceptors (Lipinski definition) is 3. The molecule has 0 aliphatic carbocycles. The number of ether oxygens (including phenoxy) is 1. The molecule has 0 saturated heterocycles. The number of carbonyl (C=O) groups is 1. The predicted octanol–water partition coefficient (Wildman–Crippen LogP) is 3.37. The summed E-state index contributed by atoms with van der Waals surface area (Å²) in [5, 5.41) is 7.82. The Bertz CT molecular complexity index is 751. The molecule has 1 atom stereocenters. The summed E-state index contributed by atoms with van der Waals surface area (Å²) in [5.74, 6) is -0.189. The van der Waals surface area contributed by atoms with Crippen molar-refractivity contribution >= 4 is 23.6 Å². The van der Waals surface area contributed by atoms with Gasteiger partial charge in [0.2, 0.25) is 5.91 Å². The second kappa shape index (κ2) is 8.83. The molecule has 0 aliphatic rings. The highest BCUT2D eigenvalue weighted by atomic mass is 35.5. The zero-order valence-electron chi connectivity index (χ0n) is 15.0. The first-order valence-corrected chi connectivity index (χ1v) is 8.54. The molecular weight excluding hydrogens is 338 g/mol. The number of rotatable bonds is 7. The van der Waals surface area contributed by atoms with Crippen LogP contribution in [0.15, 0.2) is 30.3 Å². The summed E-state index contributed by atoms with van der Waals surface area (Å²) in [6.07, 6.45) is 3.17. The van der Waals surface area contributed by atoms with E-state index in [0.717, 1.165) is 16.8 Å². The molecule has 1 unspecified atom stereocenters. The Morgan fingerprint density at radius 3 is 2.68 bits per heavy atom. The summed E-state index contributed by atoms with van der Waals surface area (Å²) in [6, 6.07) is 8.19. The second-order valence-electron chi connectivity index (χ2n) is 6.13. The Kier molecular flexibility index (Phi) is 6.79. The van der Waals surface area contributed by atoms with Crippen molar-refractivity contribution in [2.45, 2.75) is 33.4 Å². The predicted molar refractivity (Wildman–Crippen MR) is 101 cm³/mol. The van der Waals surface area contributed by atoms with E-state index in [1.54, 1.807) is 17.9 Å². The lowest BCUT2D eigenvalue weighted by Gasteiger charge is -2.10. The number of aromatic nitrogens is 2. The summed E-state index contributed by atoms with van der Waals surface area (Å²) in [6.45, 7) is 6.87. The third-order valence-corrected chi connectivity index (χ3v) is 4.17. The maximum Gasteiger partial charge on any atom is 0.244 e. The molecule has 1 N–H and O–H groups in total. The van der Waals surface area contributed by atoms with E-state index in [-0.39, 0.29) is 11.9 Å². The third-order valence-electron chi connectivity index (χ3n) is 3.77. The molecule has 2 rings (SSSR count). The van der Waals surface area contributed by atoms with Crippen molar-refractivity contribution in [3.63, 3.8) is 0 Å². The van der Waals surface area contributed by atoms with E-state index >= 15 is 0 Å². The normalized spacial score (nSPS) is 12.5. The smallest absolute Gasteiger partial charge is 0.244 e. The molecule has 1 heterocycles. The fourth-order valence-electron chi connectivity index (χ4n) is 2.47. The average molecular weight is 362 g/mol. The maximum absolute atomic E-state index is 11.9. The molecule has 0 radical (unpaired) electrons. The van der Waals surface area contributed by atoms with E-state index < -0.39 is 0 Å². The summed E-state index contributed by atoms with van der Waals surface area (Å²) in [4.78, 5) is 11.9. The molecule has 0 fully saturated rings. The summed E-state index contributed by atoms with van der Waals surface area (Å²) in [7, 11) is 1.60. The summed E-state index contributed by atoms with van der Waals surface area (Å²) >= 11 is 6.45. The molecule has 6 heteroatoms. The highest BCUT2D eigenvalue weighted by molar-refractivity contribution is 6.31. The lowest BCUT2D eigenvalue weighted by molar-refractivity contribution is -0.117. The number of aryl methyl sites for hydroxylation is 2. The van der Waals surface area contributed by atoms with Gasteiger partial charge in [-0.25, -0.2) is 4.68 Å². The Hall–Kier alpha value is -2.11. The molecule has 0 saturated carbocycles. The largest absolute Gasteiger partial charge is 0.383 e. The van der Waals surface area contributed by atoms with Gasteiger partial charge in [0.25, 0.3) is 0 Å². The van der Waals surface area contributed by atoms with Crippen LogP contribution in [0.3, 0.4) is 0 Å². The number of hydrogen-bond donors (Lipinski definition) is 1. The van der Waals surface area contributed by atoms with Gasteiger partial charge in [-0.2, -0.15) is 5.10 Å². The summed E-state index contributed by atoms with van der Waals surface area (Å²) < 4.78 is 6.74. The molecule has 1 aromatic heterocycles. The van der Waals surface area contributed by atoms with E-state index in [4.69, 9.17) is 16.3 Å². The zero-order chi connectivity index (χ0) is 18.4. The van der Waals surface area contributed by atoms with Gasteiger partial charge in [-0.05, 0) is 32.4 Å². The van der Waals surface area contributed by atoms with Crippen LogP contribution in [0, 0.1) is 13.8 Å². The number of nitrogens with one attached hydrogen (secondary N) is 1. The Morgan fingerprint density at radius 2 is 2.04 bits per heavy atom. The van der Waals surface area contributed by atoms with Gasteiger partial charge in [-0.1, -0.05) is 41.4 Å². The van der Waals surface area contributed by atoms with Crippen molar-refractivity contribution in [3.05, 3.63) is 57.9 Å². The first kappa shape index (κ1) is 19.2. The van der Waals surface area contributed by atoms with Gasteiger partial charge in [0.1, 0.15) is 5.15 Å². The Labute approximate surface area is 153 Å². The van der Waals surface area contributed by atoms with E-state index in [1.807, 2.05) is 13.8 Å². The number of methoxy groups -OCH3 is 1.